The average molecular weight is 299 g/mol. The summed E-state index contributed by atoms with van der Waals surface area (Å²) in [5.74, 6) is 0.420. The number of fused-ring (bicyclic) bond motifs is 1. The van der Waals surface area contributed by atoms with Crippen LogP contribution in [0.25, 0.3) is 11.3 Å². The van der Waals surface area contributed by atoms with Crippen LogP contribution in [-0.4, -0.2) is 23.5 Å². The van der Waals surface area contributed by atoms with E-state index in [0.29, 0.717) is 11.4 Å². The molecule has 1 aromatic carbocycles. The fourth-order valence-corrected chi connectivity index (χ4v) is 2.92. The standard InChI is InChI=1S/C15H13N3O2S/c1-9-15(19)18(6-5-16)13-7-11(3-4-14(13)20-9)12-8-21-10(2)17-12/h3-4,7-9H,6H2,1-2H3/t9-/m0/s1. The first-order valence-corrected chi connectivity index (χ1v) is 7.39. The molecule has 3 rings (SSSR count). The van der Waals surface area contributed by atoms with E-state index in [9.17, 15) is 4.79 Å². The van der Waals surface area contributed by atoms with Gasteiger partial charge in [0.1, 0.15) is 12.3 Å². The summed E-state index contributed by atoms with van der Waals surface area (Å²) in [5, 5.41) is 11.9. The van der Waals surface area contributed by atoms with Gasteiger partial charge in [0, 0.05) is 10.9 Å². The number of amides is 1. The number of ether oxygens (including phenoxy) is 1. The fraction of sp³-hybridized carbons (Fsp3) is 0.267. The normalized spacial score (nSPS) is 17.1. The summed E-state index contributed by atoms with van der Waals surface area (Å²) < 4.78 is 5.60. The Hall–Kier alpha value is -2.39. The van der Waals surface area contributed by atoms with Gasteiger partial charge in [-0.05, 0) is 32.0 Å². The summed E-state index contributed by atoms with van der Waals surface area (Å²) >= 11 is 1.57. The van der Waals surface area contributed by atoms with Crippen molar-refractivity contribution in [2.24, 2.45) is 0 Å². The van der Waals surface area contributed by atoms with Crippen LogP contribution in [0.1, 0.15) is 11.9 Å². The second kappa shape index (κ2) is 5.19. The number of hydrogen-bond donors (Lipinski definition) is 0. The lowest BCUT2D eigenvalue weighted by Crippen LogP contribution is -2.44. The number of rotatable bonds is 2. The largest absolute Gasteiger partial charge is 0.479 e. The third-order valence-electron chi connectivity index (χ3n) is 3.31. The molecule has 21 heavy (non-hydrogen) atoms. The van der Waals surface area contributed by atoms with Crippen molar-refractivity contribution in [3.63, 3.8) is 0 Å². The van der Waals surface area contributed by atoms with Crippen LogP contribution in [0.2, 0.25) is 0 Å². The van der Waals surface area contributed by atoms with Crippen molar-refractivity contribution in [1.82, 2.24) is 4.98 Å². The summed E-state index contributed by atoms with van der Waals surface area (Å²) in [6, 6.07) is 7.62. The van der Waals surface area contributed by atoms with Crippen molar-refractivity contribution >= 4 is 22.9 Å². The molecule has 1 amide bonds. The molecule has 1 atom stereocenters. The number of thiazole rings is 1. The molecule has 1 aliphatic rings. The van der Waals surface area contributed by atoms with Crippen LogP contribution < -0.4 is 9.64 Å². The van der Waals surface area contributed by atoms with Crippen LogP contribution in [0.3, 0.4) is 0 Å². The lowest BCUT2D eigenvalue weighted by molar-refractivity contribution is -0.125. The summed E-state index contributed by atoms with van der Waals surface area (Å²) in [6.07, 6.45) is -0.571. The molecular weight excluding hydrogens is 286 g/mol. The molecule has 5 nitrogen and oxygen atoms in total. The highest BCUT2D eigenvalue weighted by Gasteiger charge is 2.31. The molecule has 1 aromatic heterocycles. The first kappa shape index (κ1) is 13.6. The van der Waals surface area contributed by atoms with Gasteiger partial charge in [-0.3, -0.25) is 9.69 Å². The third-order valence-corrected chi connectivity index (χ3v) is 4.08. The van der Waals surface area contributed by atoms with Gasteiger partial charge in [-0.15, -0.1) is 11.3 Å². The second-order valence-electron chi connectivity index (χ2n) is 4.78. The Morgan fingerprint density at radius 1 is 1.52 bits per heavy atom. The molecule has 0 saturated carbocycles. The van der Waals surface area contributed by atoms with Gasteiger partial charge in [-0.2, -0.15) is 5.26 Å². The maximum absolute atomic E-state index is 12.2. The van der Waals surface area contributed by atoms with Gasteiger partial charge in [0.25, 0.3) is 5.91 Å². The summed E-state index contributed by atoms with van der Waals surface area (Å²) in [7, 11) is 0. The minimum absolute atomic E-state index is 0.0130. The van der Waals surface area contributed by atoms with Crippen LogP contribution in [0.15, 0.2) is 23.6 Å². The number of hydrogen-bond acceptors (Lipinski definition) is 5. The lowest BCUT2D eigenvalue weighted by atomic mass is 10.1. The molecule has 0 fully saturated rings. The van der Waals surface area contributed by atoms with Crippen molar-refractivity contribution < 1.29 is 9.53 Å². The highest BCUT2D eigenvalue weighted by Crippen LogP contribution is 2.37. The minimum atomic E-state index is -0.571. The Morgan fingerprint density at radius 2 is 2.33 bits per heavy atom. The molecular formula is C15H13N3O2S. The van der Waals surface area contributed by atoms with E-state index in [4.69, 9.17) is 10.00 Å². The van der Waals surface area contributed by atoms with Crippen LogP contribution in [-0.2, 0) is 4.79 Å². The molecule has 0 saturated heterocycles. The van der Waals surface area contributed by atoms with Gasteiger partial charge in [-0.25, -0.2) is 4.98 Å². The van der Waals surface area contributed by atoms with Crippen molar-refractivity contribution in [3.05, 3.63) is 28.6 Å². The van der Waals surface area contributed by atoms with Gasteiger partial charge >= 0.3 is 0 Å². The fourth-order valence-electron chi connectivity index (χ4n) is 2.30. The molecule has 106 valence electrons. The maximum atomic E-state index is 12.2. The number of aromatic nitrogens is 1. The Balaban J connectivity index is 2.08. The summed E-state index contributed by atoms with van der Waals surface area (Å²) in [5.41, 5.74) is 2.40. The van der Waals surface area contributed by atoms with Crippen LogP contribution in [0.5, 0.6) is 5.75 Å². The Morgan fingerprint density at radius 3 is 3.00 bits per heavy atom. The van der Waals surface area contributed by atoms with Crippen molar-refractivity contribution in [3.8, 4) is 23.1 Å². The highest BCUT2D eigenvalue weighted by atomic mass is 32.1. The van der Waals surface area contributed by atoms with E-state index < -0.39 is 6.10 Å². The molecule has 6 heteroatoms. The average Bonchev–Trinajstić information content (AvgIpc) is 2.90. The number of carbonyl (C=O) groups is 1. The zero-order valence-electron chi connectivity index (χ0n) is 11.7. The Kier molecular flexibility index (Phi) is 3.35. The van der Waals surface area contributed by atoms with Crippen LogP contribution in [0, 0.1) is 18.3 Å². The zero-order valence-corrected chi connectivity index (χ0v) is 12.5. The van der Waals surface area contributed by atoms with Gasteiger partial charge in [0.2, 0.25) is 0 Å². The van der Waals surface area contributed by atoms with E-state index in [1.807, 2.05) is 36.6 Å². The SMILES string of the molecule is Cc1nc(-c2ccc3c(c2)N(CC#N)C(=O)[C@H](C)O3)cs1. The first-order valence-electron chi connectivity index (χ1n) is 6.51. The number of anilines is 1. The monoisotopic (exact) mass is 299 g/mol. The predicted octanol–water partition coefficient (Wildman–Crippen LogP) is 2.76. The second-order valence-corrected chi connectivity index (χ2v) is 5.84. The topological polar surface area (TPSA) is 66.2 Å². The van der Waals surface area contributed by atoms with Gasteiger partial charge in [-0.1, -0.05) is 0 Å². The molecule has 1 aliphatic heterocycles. The predicted molar refractivity (Wildman–Crippen MR) is 80.3 cm³/mol. The van der Waals surface area contributed by atoms with Gasteiger partial charge in [0.15, 0.2) is 6.10 Å². The van der Waals surface area contributed by atoms with E-state index in [2.05, 4.69) is 4.98 Å². The smallest absolute Gasteiger partial charge is 0.268 e. The van der Waals surface area contributed by atoms with Crippen molar-refractivity contribution in [1.29, 1.82) is 5.26 Å². The lowest BCUT2D eigenvalue weighted by Gasteiger charge is -2.31. The number of nitriles is 1. The molecule has 0 aliphatic carbocycles. The van der Waals surface area contributed by atoms with E-state index >= 15 is 0 Å². The molecule has 0 unspecified atom stereocenters. The summed E-state index contributed by atoms with van der Waals surface area (Å²) in [4.78, 5) is 18.1. The van der Waals surface area contributed by atoms with Crippen molar-refractivity contribution in [2.45, 2.75) is 20.0 Å². The van der Waals surface area contributed by atoms with E-state index in [1.54, 1.807) is 18.3 Å². The number of nitrogens with zero attached hydrogens (tertiary/aromatic N) is 3. The first-order chi connectivity index (χ1) is 10.1. The summed E-state index contributed by atoms with van der Waals surface area (Å²) in [6.45, 7) is 3.65. The van der Waals surface area contributed by atoms with E-state index in [0.717, 1.165) is 16.3 Å². The zero-order chi connectivity index (χ0) is 15.0. The molecule has 0 spiro atoms. The van der Waals surface area contributed by atoms with Crippen molar-refractivity contribution in [2.75, 3.05) is 11.4 Å². The molecule has 2 aromatic rings. The minimum Gasteiger partial charge on any atom is -0.479 e. The van der Waals surface area contributed by atoms with Crippen LogP contribution in [0.4, 0.5) is 5.69 Å². The van der Waals surface area contributed by atoms with Crippen LogP contribution >= 0.6 is 11.3 Å². The quantitative estimate of drug-likeness (QED) is 0.800. The Bertz CT molecular complexity index is 748. The highest BCUT2D eigenvalue weighted by molar-refractivity contribution is 7.09. The molecule has 0 radical (unpaired) electrons. The number of aryl methyl sites for hydroxylation is 1. The van der Waals surface area contributed by atoms with E-state index in [-0.39, 0.29) is 12.5 Å². The number of benzene rings is 1. The number of carbonyl (C=O) groups excluding carboxylic acids is 1. The van der Waals surface area contributed by atoms with Gasteiger partial charge < -0.3 is 4.74 Å². The Labute approximate surface area is 126 Å². The van der Waals surface area contributed by atoms with Gasteiger partial charge in [0.05, 0.1) is 22.5 Å². The third kappa shape index (κ3) is 2.36. The van der Waals surface area contributed by atoms with E-state index in [1.165, 1.54) is 4.90 Å². The molecule has 2 heterocycles. The maximum Gasteiger partial charge on any atom is 0.268 e. The molecule has 0 N–H and O–H groups in total. The molecule has 0 bridgehead atoms.